The zero-order chi connectivity index (χ0) is 14.9. The Hall–Kier alpha value is -0.640. The molecule has 2 fully saturated rings. The van der Waals surface area contributed by atoms with Crippen LogP contribution >= 0.6 is 0 Å². The Morgan fingerprint density at radius 3 is 2.45 bits per heavy atom. The fraction of sp³-hybridized carbons (Fsp3) is 0.929. The molecule has 1 aliphatic carbocycles. The Labute approximate surface area is 121 Å². The Balaban J connectivity index is 1.90. The number of hydrogen-bond donors (Lipinski definition) is 1. The van der Waals surface area contributed by atoms with Crippen LogP contribution in [0.3, 0.4) is 0 Å². The van der Waals surface area contributed by atoms with Crippen molar-refractivity contribution < 1.29 is 13.2 Å². The topological polar surface area (TPSA) is 79.2 Å². The molecule has 2 rings (SSSR count). The maximum atomic E-state index is 12.2. The Bertz CT molecular complexity index is 483. The van der Waals surface area contributed by atoms with Crippen LogP contribution in [0.2, 0.25) is 0 Å². The first-order chi connectivity index (χ1) is 9.28. The zero-order valence-corrected chi connectivity index (χ0v) is 13.1. The average Bonchev–Trinajstić information content (AvgIpc) is 2.35. The van der Waals surface area contributed by atoms with Crippen LogP contribution in [0.5, 0.6) is 0 Å². The first-order valence-corrected chi connectivity index (χ1v) is 8.90. The molecule has 20 heavy (non-hydrogen) atoms. The number of sulfonamides is 1. The van der Waals surface area contributed by atoms with Crippen LogP contribution in [0.4, 0.5) is 0 Å². The number of ether oxygens (including phenoxy) is 1. The van der Waals surface area contributed by atoms with E-state index in [-0.39, 0.29) is 17.7 Å². The van der Waals surface area contributed by atoms with Crippen LogP contribution < -0.4 is 4.72 Å². The summed E-state index contributed by atoms with van der Waals surface area (Å²) < 4.78 is 32.3. The highest BCUT2D eigenvalue weighted by atomic mass is 32.2. The molecular formula is C14H24N2O3S. The number of nitriles is 1. The molecule has 0 atom stereocenters. The molecule has 1 aliphatic heterocycles. The second kappa shape index (κ2) is 5.63. The van der Waals surface area contributed by atoms with Gasteiger partial charge in [0, 0.05) is 19.8 Å². The zero-order valence-electron chi connectivity index (χ0n) is 12.3. The maximum absolute atomic E-state index is 12.2. The summed E-state index contributed by atoms with van der Waals surface area (Å²) in [5, 5.41) is 9.32. The lowest BCUT2D eigenvalue weighted by molar-refractivity contribution is 0.0424. The molecule has 0 aromatic rings. The molecule has 0 spiro atoms. The molecule has 5 nitrogen and oxygen atoms in total. The van der Waals surface area contributed by atoms with Gasteiger partial charge in [-0.15, -0.1) is 0 Å². The fourth-order valence-corrected chi connectivity index (χ4v) is 5.34. The van der Waals surface area contributed by atoms with E-state index in [2.05, 4.69) is 17.7 Å². The van der Waals surface area contributed by atoms with E-state index in [9.17, 15) is 13.7 Å². The van der Waals surface area contributed by atoms with Gasteiger partial charge in [-0.1, -0.05) is 13.8 Å². The first-order valence-electron chi connectivity index (χ1n) is 7.25. The molecule has 1 heterocycles. The summed E-state index contributed by atoms with van der Waals surface area (Å²) in [6.07, 6.45) is 3.12. The van der Waals surface area contributed by atoms with E-state index in [4.69, 9.17) is 4.74 Å². The van der Waals surface area contributed by atoms with Crippen molar-refractivity contribution in [3.63, 3.8) is 0 Å². The van der Waals surface area contributed by atoms with E-state index < -0.39 is 15.4 Å². The van der Waals surface area contributed by atoms with Crippen molar-refractivity contribution in [2.24, 2.45) is 16.7 Å². The summed E-state index contributed by atoms with van der Waals surface area (Å²) in [5.74, 6) is 0.790. The van der Waals surface area contributed by atoms with Crippen molar-refractivity contribution >= 4 is 10.0 Å². The standard InChI is InChI=1S/C14H24N2O3S/c1-12-7-13(2,8-12)11-20(17,18)16-10-14(9-15)3-5-19-6-4-14/h12,16H,3-8,10-11H2,1-2H3. The van der Waals surface area contributed by atoms with E-state index in [1.165, 1.54) is 0 Å². The molecule has 2 aliphatic rings. The predicted molar refractivity (Wildman–Crippen MR) is 76.4 cm³/mol. The molecule has 0 bridgehead atoms. The van der Waals surface area contributed by atoms with Gasteiger partial charge in [0.1, 0.15) is 0 Å². The summed E-state index contributed by atoms with van der Waals surface area (Å²) in [4.78, 5) is 0. The van der Waals surface area contributed by atoms with Gasteiger partial charge in [-0.05, 0) is 37.0 Å². The highest BCUT2D eigenvalue weighted by Crippen LogP contribution is 2.45. The normalized spacial score (nSPS) is 33.1. The first kappa shape index (κ1) is 15.7. The minimum absolute atomic E-state index is 0.0965. The van der Waals surface area contributed by atoms with Gasteiger partial charge in [-0.2, -0.15) is 5.26 Å². The molecule has 0 radical (unpaired) electrons. The van der Waals surface area contributed by atoms with Crippen molar-refractivity contribution in [1.29, 1.82) is 5.26 Å². The number of rotatable bonds is 5. The van der Waals surface area contributed by atoms with Crippen molar-refractivity contribution in [3.8, 4) is 6.07 Å². The molecule has 0 unspecified atom stereocenters. The second-order valence-electron chi connectivity index (χ2n) is 6.91. The monoisotopic (exact) mass is 300 g/mol. The van der Waals surface area contributed by atoms with E-state index in [1.54, 1.807) is 0 Å². The molecule has 0 amide bonds. The minimum atomic E-state index is -3.31. The van der Waals surface area contributed by atoms with Gasteiger partial charge in [0.2, 0.25) is 10.0 Å². The Morgan fingerprint density at radius 1 is 1.35 bits per heavy atom. The van der Waals surface area contributed by atoms with Crippen molar-refractivity contribution in [2.45, 2.75) is 39.5 Å². The van der Waals surface area contributed by atoms with Gasteiger partial charge in [-0.3, -0.25) is 0 Å². The predicted octanol–water partition coefficient (Wildman–Crippen LogP) is 1.66. The van der Waals surface area contributed by atoms with E-state index in [1.807, 2.05) is 6.92 Å². The highest BCUT2D eigenvalue weighted by Gasteiger charge is 2.42. The summed E-state index contributed by atoms with van der Waals surface area (Å²) in [6.45, 7) is 5.45. The molecule has 1 saturated heterocycles. The average molecular weight is 300 g/mol. The van der Waals surface area contributed by atoms with E-state index in [0.717, 1.165) is 12.8 Å². The van der Waals surface area contributed by atoms with E-state index in [0.29, 0.717) is 32.0 Å². The SMILES string of the molecule is CC1CC(C)(CS(=O)(=O)NCC2(C#N)CCOCC2)C1. The molecule has 6 heteroatoms. The van der Waals surface area contributed by atoms with Crippen LogP contribution in [0.15, 0.2) is 0 Å². The van der Waals surface area contributed by atoms with Gasteiger partial charge in [0.25, 0.3) is 0 Å². The summed E-state index contributed by atoms with van der Waals surface area (Å²) >= 11 is 0. The number of hydrogen-bond acceptors (Lipinski definition) is 4. The largest absolute Gasteiger partial charge is 0.381 e. The van der Waals surface area contributed by atoms with Gasteiger partial charge in [0.05, 0.1) is 17.2 Å². The smallest absolute Gasteiger partial charge is 0.212 e. The van der Waals surface area contributed by atoms with Crippen molar-refractivity contribution in [2.75, 3.05) is 25.5 Å². The maximum Gasteiger partial charge on any atom is 0.212 e. The molecule has 114 valence electrons. The third-order valence-electron chi connectivity index (χ3n) is 4.54. The number of nitrogens with zero attached hydrogens (tertiary/aromatic N) is 1. The van der Waals surface area contributed by atoms with Crippen LogP contribution in [-0.4, -0.2) is 33.9 Å². The lowest BCUT2D eigenvalue weighted by Gasteiger charge is -2.43. The van der Waals surface area contributed by atoms with Crippen LogP contribution in [0.1, 0.15) is 39.5 Å². The van der Waals surface area contributed by atoms with E-state index >= 15 is 0 Å². The Kier molecular flexibility index (Phi) is 4.43. The molecule has 1 N–H and O–H groups in total. The van der Waals surface area contributed by atoms with Crippen LogP contribution in [-0.2, 0) is 14.8 Å². The van der Waals surface area contributed by atoms with Crippen LogP contribution in [0.25, 0.3) is 0 Å². The van der Waals surface area contributed by atoms with Crippen LogP contribution in [0, 0.1) is 28.1 Å². The third-order valence-corrected chi connectivity index (χ3v) is 6.20. The Morgan fingerprint density at radius 2 is 1.95 bits per heavy atom. The van der Waals surface area contributed by atoms with Gasteiger partial charge in [-0.25, -0.2) is 13.1 Å². The van der Waals surface area contributed by atoms with Crippen molar-refractivity contribution in [1.82, 2.24) is 4.72 Å². The lowest BCUT2D eigenvalue weighted by atomic mass is 9.65. The summed E-state index contributed by atoms with van der Waals surface area (Å²) in [5.41, 5.74) is -0.695. The second-order valence-corrected chi connectivity index (χ2v) is 8.72. The quantitative estimate of drug-likeness (QED) is 0.837. The third kappa shape index (κ3) is 3.72. The van der Waals surface area contributed by atoms with Gasteiger partial charge < -0.3 is 4.74 Å². The molecule has 1 saturated carbocycles. The minimum Gasteiger partial charge on any atom is -0.381 e. The number of nitrogens with one attached hydrogen (secondary N) is 1. The van der Waals surface area contributed by atoms with Gasteiger partial charge in [0.15, 0.2) is 0 Å². The summed E-state index contributed by atoms with van der Waals surface area (Å²) in [6, 6.07) is 2.28. The lowest BCUT2D eigenvalue weighted by Crippen LogP contribution is -2.46. The summed E-state index contributed by atoms with van der Waals surface area (Å²) in [7, 11) is -3.31. The molecule has 0 aromatic heterocycles. The molecular weight excluding hydrogens is 276 g/mol. The van der Waals surface area contributed by atoms with Crippen molar-refractivity contribution in [3.05, 3.63) is 0 Å². The van der Waals surface area contributed by atoms with Gasteiger partial charge >= 0.3 is 0 Å². The highest BCUT2D eigenvalue weighted by molar-refractivity contribution is 7.89. The molecule has 0 aromatic carbocycles. The fourth-order valence-electron chi connectivity index (χ4n) is 3.59.